The van der Waals surface area contributed by atoms with Crippen molar-refractivity contribution in [3.8, 4) is 0 Å². The Morgan fingerprint density at radius 2 is 1.72 bits per heavy atom. The van der Waals surface area contributed by atoms with Crippen molar-refractivity contribution in [1.82, 2.24) is 10.3 Å². The molecule has 2 heterocycles. The molecule has 10 heteroatoms. The van der Waals surface area contributed by atoms with Crippen molar-refractivity contribution in [3.05, 3.63) is 134 Å². The quantitative estimate of drug-likeness (QED) is 0.131. The van der Waals surface area contributed by atoms with E-state index in [0.717, 1.165) is 17.5 Å². The lowest BCUT2D eigenvalue weighted by Crippen LogP contribution is -2.32. The molecule has 4 rings (SSSR count). The summed E-state index contributed by atoms with van der Waals surface area (Å²) in [6.07, 6.45) is 8.27. The molecule has 1 atom stereocenters. The maximum absolute atomic E-state index is 13.3. The number of methoxy groups -OCH3 is 1. The number of nitro benzene ring substituents is 1. The smallest absolute Gasteiger partial charge is 0.336 e. The molecule has 0 aliphatic carbocycles. The number of nitrogens with one attached hydrogen (secondary N) is 1. The number of nitro groups is 1. The zero-order chi connectivity index (χ0) is 30.8. The van der Waals surface area contributed by atoms with E-state index in [-0.39, 0.29) is 30.0 Å². The molecule has 0 saturated carbocycles. The number of non-ortho nitro benzene ring substituents is 1. The van der Waals surface area contributed by atoms with E-state index in [9.17, 15) is 19.7 Å². The van der Waals surface area contributed by atoms with Crippen LogP contribution in [0, 0.1) is 10.1 Å². The highest BCUT2D eigenvalue weighted by molar-refractivity contribution is 5.99. The van der Waals surface area contributed by atoms with E-state index >= 15 is 0 Å². The minimum atomic E-state index is -0.916. The number of esters is 2. The van der Waals surface area contributed by atoms with Crippen molar-refractivity contribution in [2.24, 2.45) is 0 Å². The first-order valence-corrected chi connectivity index (χ1v) is 13.7. The SMILES string of the molecule is COC(=O)C1=C(C)NC(C)=C(C(=O)OCCOC/C=C/c2ccc(Cc3cccnc3)cc2)C1c1cccc([N+](=O)[O-])c1. The fraction of sp³-hybridized carbons (Fsp3) is 0.242. The second kappa shape index (κ2) is 14.7. The number of benzene rings is 2. The van der Waals surface area contributed by atoms with Crippen molar-refractivity contribution in [3.63, 3.8) is 0 Å². The Hall–Kier alpha value is -5.09. The van der Waals surface area contributed by atoms with Crippen LogP contribution in [-0.2, 0) is 30.2 Å². The van der Waals surface area contributed by atoms with Gasteiger partial charge in [0.15, 0.2) is 0 Å². The number of rotatable bonds is 12. The van der Waals surface area contributed by atoms with Gasteiger partial charge in [0.2, 0.25) is 0 Å². The molecule has 43 heavy (non-hydrogen) atoms. The summed E-state index contributed by atoms with van der Waals surface area (Å²) in [5.74, 6) is -2.24. The number of aromatic nitrogens is 1. The number of ether oxygens (including phenoxy) is 3. The van der Waals surface area contributed by atoms with E-state index in [1.165, 1.54) is 30.9 Å². The lowest BCUT2D eigenvalue weighted by Gasteiger charge is -2.30. The van der Waals surface area contributed by atoms with Crippen LogP contribution in [-0.4, -0.2) is 48.8 Å². The van der Waals surface area contributed by atoms with E-state index in [0.29, 0.717) is 23.6 Å². The normalized spacial score (nSPS) is 14.9. The van der Waals surface area contributed by atoms with Gasteiger partial charge in [0.25, 0.3) is 5.69 Å². The monoisotopic (exact) mass is 583 g/mol. The van der Waals surface area contributed by atoms with Gasteiger partial charge >= 0.3 is 11.9 Å². The Bertz CT molecular complexity index is 1560. The summed E-state index contributed by atoms with van der Waals surface area (Å²) >= 11 is 0. The van der Waals surface area contributed by atoms with Crippen molar-refractivity contribution < 1.29 is 28.7 Å². The first-order chi connectivity index (χ1) is 20.8. The van der Waals surface area contributed by atoms with E-state index in [1.54, 1.807) is 26.1 Å². The zero-order valence-corrected chi connectivity index (χ0v) is 24.2. The summed E-state index contributed by atoms with van der Waals surface area (Å²) in [5, 5.41) is 14.5. The zero-order valence-electron chi connectivity index (χ0n) is 24.2. The lowest BCUT2D eigenvalue weighted by atomic mass is 9.80. The van der Waals surface area contributed by atoms with E-state index in [4.69, 9.17) is 14.2 Å². The fourth-order valence-electron chi connectivity index (χ4n) is 4.89. The molecule has 0 fully saturated rings. The Balaban J connectivity index is 1.33. The summed E-state index contributed by atoms with van der Waals surface area (Å²) in [7, 11) is 1.24. The Labute approximate surface area is 249 Å². The molecule has 0 bridgehead atoms. The third-order valence-corrected chi connectivity index (χ3v) is 6.90. The molecule has 10 nitrogen and oxygen atoms in total. The van der Waals surface area contributed by atoms with Crippen LogP contribution in [0.3, 0.4) is 0 Å². The minimum absolute atomic E-state index is 0.0234. The van der Waals surface area contributed by atoms with Gasteiger partial charge in [0, 0.05) is 35.9 Å². The van der Waals surface area contributed by atoms with Gasteiger partial charge in [-0.05, 0) is 48.6 Å². The van der Waals surface area contributed by atoms with Gasteiger partial charge in [-0.25, -0.2) is 9.59 Å². The van der Waals surface area contributed by atoms with E-state index in [2.05, 4.69) is 22.4 Å². The van der Waals surface area contributed by atoms with Crippen LogP contribution in [0.4, 0.5) is 5.69 Å². The summed E-state index contributed by atoms with van der Waals surface area (Å²) in [6, 6.07) is 18.0. The van der Waals surface area contributed by atoms with Crippen LogP contribution in [0.1, 0.15) is 42.0 Å². The second-order valence-electron chi connectivity index (χ2n) is 9.87. The summed E-state index contributed by atoms with van der Waals surface area (Å²) in [5.41, 5.74) is 4.91. The predicted molar refractivity (Wildman–Crippen MR) is 161 cm³/mol. The Morgan fingerprint density at radius 3 is 2.40 bits per heavy atom. The van der Waals surface area contributed by atoms with Gasteiger partial charge in [0.1, 0.15) is 6.61 Å². The number of hydrogen-bond donors (Lipinski definition) is 1. The fourth-order valence-corrected chi connectivity index (χ4v) is 4.89. The lowest BCUT2D eigenvalue weighted by molar-refractivity contribution is -0.384. The van der Waals surface area contributed by atoms with Crippen LogP contribution in [0.5, 0.6) is 0 Å². The number of carbonyl (C=O) groups excluding carboxylic acids is 2. The first-order valence-electron chi connectivity index (χ1n) is 13.7. The standard InChI is InChI=1S/C33H33N3O7/c1-22-29(32(37)41-3)31(27-9-4-10-28(20-27)36(39)40)30(23(2)35-22)33(38)43-18-17-42-16-6-8-24-11-13-25(14-12-24)19-26-7-5-15-34-21-26/h4-15,20-21,31,35H,16-19H2,1-3H3/b8-6+. The van der Waals surface area contributed by atoms with Crippen LogP contribution < -0.4 is 5.32 Å². The maximum atomic E-state index is 13.3. The Kier molecular flexibility index (Phi) is 10.5. The van der Waals surface area contributed by atoms with Crippen LogP contribution in [0.15, 0.2) is 102 Å². The molecule has 1 N–H and O–H groups in total. The number of allylic oxidation sites excluding steroid dienone is 2. The summed E-state index contributed by atoms with van der Waals surface area (Å²) in [6.45, 7) is 3.82. The molecular weight excluding hydrogens is 550 g/mol. The van der Waals surface area contributed by atoms with Gasteiger partial charge in [-0.15, -0.1) is 0 Å². The van der Waals surface area contributed by atoms with Crippen molar-refractivity contribution in [2.75, 3.05) is 26.9 Å². The van der Waals surface area contributed by atoms with Crippen molar-refractivity contribution in [1.29, 1.82) is 0 Å². The maximum Gasteiger partial charge on any atom is 0.336 e. The van der Waals surface area contributed by atoms with Crippen molar-refractivity contribution >= 4 is 23.7 Å². The van der Waals surface area contributed by atoms with E-state index < -0.39 is 22.8 Å². The van der Waals surface area contributed by atoms with Gasteiger partial charge in [0.05, 0.1) is 42.3 Å². The number of pyridine rings is 1. The number of nitrogens with zero attached hydrogens (tertiary/aromatic N) is 2. The van der Waals surface area contributed by atoms with Gasteiger partial charge in [-0.1, -0.05) is 54.6 Å². The highest BCUT2D eigenvalue weighted by Crippen LogP contribution is 2.40. The summed E-state index contributed by atoms with van der Waals surface area (Å²) in [4.78, 5) is 41.1. The van der Waals surface area contributed by atoms with Crippen LogP contribution in [0.25, 0.3) is 6.08 Å². The molecule has 2 aromatic carbocycles. The number of carbonyl (C=O) groups is 2. The highest BCUT2D eigenvalue weighted by atomic mass is 16.6. The van der Waals surface area contributed by atoms with Gasteiger partial charge in [-0.3, -0.25) is 15.1 Å². The molecule has 0 saturated heterocycles. The molecular formula is C33H33N3O7. The second-order valence-corrected chi connectivity index (χ2v) is 9.87. The molecule has 222 valence electrons. The molecule has 1 aromatic heterocycles. The van der Waals surface area contributed by atoms with Gasteiger partial charge < -0.3 is 19.5 Å². The number of hydrogen-bond acceptors (Lipinski definition) is 9. The first kappa shape index (κ1) is 30.9. The summed E-state index contributed by atoms with van der Waals surface area (Å²) < 4.78 is 16.1. The average molecular weight is 584 g/mol. The molecule has 0 amide bonds. The molecule has 0 spiro atoms. The Morgan fingerprint density at radius 1 is 0.977 bits per heavy atom. The minimum Gasteiger partial charge on any atom is -0.466 e. The third-order valence-electron chi connectivity index (χ3n) is 6.90. The van der Waals surface area contributed by atoms with E-state index in [1.807, 2.05) is 42.6 Å². The average Bonchev–Trinajstić information content (AvgIpc) is 3.01. The molecule has 1 aliphatic rings. The topological polar surface area (TPSA) is 130 Å². The molecule has 1 unspecified atom stereocenters. The van der Waals surface area contributed by atoms with Crippen LogP contribution in [0.2, 0.25) is 0 Å². The predicted octanol–water partition coefficient (Wildman–Crippen LogP) is 5.26. The van der Waals surface area contributed by atoms with Crippen LogP contribution >= 0.6 is 0 Å². The van der Waals surface area contributed by atoms with Gasteiger partial charge in [-0.2, -0.15) is 0 Å². The number of dihydropyridines is 1. The molecule has 0 radical (unpaired) electrons. The highest BCUT2D eigenvalue weighted by Gasteiger charge is 2.38. The third kappa shape index (κ3) is 8.02. The molecule has 1 aliphatic heterocycles. The largest absolute Gasteiger partial charge is 0.466 e. The van der Waals surface area contributed by atoms with Crippen molar-refractivity contribution in [2.45, 2.75) is 26.2 Å². The molecule has 3 aromatic rings.